The van der Waals surface area contributed by atoms with E-state index < -0.39 is 0 Å². The van der Waals surface area contributed by atoms with Gasteiger partial charge in [-0.15, -0.1) is 0 Å². The van der Waals surface area contributed by atoms with Crippen LogP contribution < -0.4 is 10.6 Å². The first-order chi connectivity index (χ1) is 12.8. The SMILES string of the molecule is S=C(NCCC1=CCCCC1)Nc1cc2cccnc2c2cccnc12. The summed E-state index contributed by atoms with van der Waals surface area (Å²) < 4.78 is 0. The third kappa shape index (κ3) is 3.68. The Morgan fingerprint density at radius 2 is 1.92 bits per heavy atom. The molecule has 5 heteroatoms. The standard InChI is InChI=1S/C21H22N4S/c26-21(24-13-10-15-6-2-1-3-7-15)25-18-14-16-8-4-11-22-19(16)17-9-5-12-23-20(17)18/h4-6,8-9,11-12,14H,1-3,7,10,13H2,(H2,24,25,26). The van der Waals surface area contributed by atoms with Crippen LogP contribution in [0, 0.1) is 0 Å². The molecule has 1 aromatic carbocycles. The number of hydrogen-bond donors (Lipinski definition) is 2. The van der Waals surface area contributed by atoms with E-state index in [0.29, 0.717) is 5.11 Å². The lowest BCUT2D eigenvalue weighted by atomic mass is 9.97. The highest BCUT2D eigenvalue weighted by atomic mass is 32.1. The van der Waals surface area contributed by atoms with Crippen LogP contribution in [0.1, 0.15) is 32.1 Å². The van der Waals surface area contributed by atoms with Crippen LogP contribution in [0.4, 0.5) is 5.69 Å². The van der Waals surface area contributed by atoms with Gasteiger partial charge in [0.2, 0.25) is 0 Å². The molecule has 0 amide bonds. The molecule has 0 saturated heterocycles. The second kappa shape index (κ2) is 7.79. The molecule has 2 aromatic heterocycles. The topological polar surface area (TPSA) is 49.8 Å². The average molecular weight is 363 g/mol. The van der Waals surface area contributed by atoms with Crippen molar-refractivity contribution in [3.05, 3.63) is 54.4 Å². The minimum Gasteiger partial charge on any atom is -0.362 e. The van der Waals surface area contributed by atoms with E-state index in [1.54, 1.807) is 11.8 Å². The molecule has 2 N–H and O–H groups in total. The van der Waals surface area contributed by atoms with Crippen molar-refractivity contribution in [3.8, 4) is 0 Å². The molecule has 0 saturated carbocycles. The number of fused-ring (bicyclic) bond motifs is 3. The van der Waals surface area contributed by atoms with E-state index in [9.17, 15) is 0 Å². The molecule has 0 bridgehead atoms. The first kappa shape index (κ1) is 16.9. The molecule has 2 heterocycles. The maximum Gasteiger partial charge on any atom is 0.170 e. The van der Waals surface area contributed by atoms with Crippen LogP contribution in [0.3, 0.4) is 0 Å². The van der Waals surface area contributed by atoms with Crippen molar-refractivity contribution in [2.45, 2.75) is 32.1 Å². The molecule has 0 atom stereocenters. The molecular weight excluding hydrogens is 340 g/mol. The minimum absolute atomic E-state index is 0.636. The van der Waals surface area contributed by atoms with Gasteiger partial charge < -0.3 is 10.6 Å². The second-order valence-corrected chi connectivity index (χ2v) is 7.05. The third-order valence-corrected chi connectivity index (χ3v) is 5.07. The zero-order valence-corrected chi connectivity index (χ0v) is 15.5. The minimum atomic E-state index is 0.636. The number of allylic oxidation sites excluding steroid dienone is 1. The van der Waals surface area contributed by atoms with E-state index in [1.807, 2.05) is 18.3 Å². The van der Waals surface area contributed by atoms with Crippen LogP contribution in [0.2, 0.25) is 0 Å². The summed E-state index contributed by atoms with van der Waals surface area (Å²) in [5.74, 6) is 0. The number of aromatic nitrogens is 2. The molecule has 4 rings (SSSR count). The van der Waals surface area contributed by atoms with Crippen molar-refractivity contribution in [2.75, 3.05) is 11.9 Å². The Bertz CT molecular complexity index is 980. The number of nitrogens with zero attached hydrogens (tertiary/aromatic N) is 2. The largest absolute Gasteiger partial charge is 0.362 e. The van der Waals surface area contributed by atoms with Crippen molar-refractivity contribution in [1.29, 1.82) is 0 Å². The van der Waals surface area contributed by atoms with Crippen LogP contribution in [0.15, 0.2) is 54.4 Å². The Kier molecular flexibility index (Phi) is 5.07. The highest BCUT2D eigenvalue weighted by Crippen LogP contribution is 2.29. The lowest BCUT2D eigenvalue weighted by molar-refractivity contribution is 0.669. The lowest BCUT2D eigenvalue weighted by Crippen LogP contribution is -2.29. The maximum atomic E-state index is 5.50. The van der Waals surface area contributed by atoms with Crippen LogP contribution in [0.25, 0.3) is 21.8 Å². The van der Waals surface area contributed by atoms with Crippen LogP contribution >= 0.6 is 12.2 Å². The molecule has 0 aliphatic heterocycles. The third-order valence-electron chi connectivity index (χ3n) is 4.82. The summed E-state index contributed by atoms with van der Waals surface area (Å²) in [6, 6.07) is 10.1. The van der Waals surface area contributed by atoms with Crippen molar-refractivity contribution >= 4 is 44.8 Å². The smallest absolute Gasteiger partial charge is 0.170 e. The second-order valence-electron chi connectivity index (χ2n) is 6.64. The molecule has 0 radical (unpaired) electrons. The summed E-state index contributed by atoms with van der Waals surface area (Å²) >= 11 is 5.50. The summed E-state index contributed by atoms with van der Waals surface area (Å²) in [6.07, 6.45) is 12.2. The Balaban J connectivity index is 1.50. The normalized spacial score (nSPS) is 14.2. The fraction of sp³-hybridized carbons (Fsp3) is 0.286. The molecular formula is C21H22N4S. The predicted molar refractivity (Wildman–Crippen MR) is 112 cm³/mol. The number of anilines is 1. The number of thiocarbonyl (C=S) groups is 1. The van der Waals surface area contributed by atoms with E-state index in [4.69, 9.17) is 12.2 Å². The van der Waals surface area contributed by atoms with E-state index >= 15 is 0 Å². The van der Waals surface area contributed by atoms with Crippen molar-refractivity contribution in [2.24, 2.45) is 0 Å². The Labute approximate surface area is 158 Å². The monoisotopic (exact) mass is 362 g/mol. The summed E-state index contributed by atoms with van der Waals surface area (Å²) in [5.41, 5.74) is 4.31. The molecule has 4 nitrogen and oxygen atoms in total. The van der Waals surface area contributed by atoms with Crippen LogP contribution in [0.5, 0.6) is 0 Å². The van der Waals surface area contributed by atoms with Gasteiger partial charge in [0.1, 0.15) is 0 Å². The Morgan fingerprint density at radius 3 is 2.77 bits per heavy atom. The van der Waals surface area contributed by atoms with Crippen molar-refractivity contribution < 1.29 is 0 Å². The highest BCUT2D eigenvalue weighted by Gasteiger charge is 2.10. The molecule has 3 aromatic rings. The summed E-state index contributed by atoms with van der Waals surface area (Å²) in [5, 5.41) is 9.39. The van der Waals surface area contributed by atoms with Crippen molar-refractivity contribution in [3.63, 3.8) is 0 Å². The number of pyridine rings is 2. The molecule has 0 fully saturated rings. The summed E-state index contributed by atoms with van der Waals surface area (Å²) in [6.45, 7) is 0.859. The van der Waals surface area contributed by atoms with Gasteiger partial charge in [0.15, 0.2) is 5.11 Å². The zero-order chi connectivity index (χ0) is 17.8. The van der Waals surface area contributed by atoms with E-state index in [-0.39, 0.29) is 0 Å². The Hall–Kier alpha value is -2.53. The molecule has 0 unspecified atom stereocenters. The van der Waals surface area contributed by atoms with Crippen LogP contribution in [-0.2, 0) is 0 Å². The van der Waals surface area contributed by atoms with Gasteiger partial charge in [0, 0.05) is 29.7 Å². The molecule has 26 heavy (non-hydrogen) atoms. The first-order valence-corrected chi connectivity index (χ1v) is 9.57. The first-order valence-electron chi connectivity index (χ1n) is 9.16. The van der Waals surface area contributed by atoms with Gasteiger partial charge in [-0.2, -0.15) is 0 Å². The summed E-state index contributed by atoms with van der Waals surface area (Å²) in [7, 11) is 0. The van der Waals surface area contributed by atoms with Gasteiger partial charge in [0.25, 0.3) is 0 Å². The molecule has 132 valence electrons. The van der Waals surface area contributed by atoms with E-state index in [1.165, 1.54) is 25.7 Å². The predicted octanol–water partition coefficient (Wildman–Crippen LogP) is 4.96. The fourth-order valence-electron chi connectivity index (χ4n) is 3.52. The quantitative estimate of drug-likeness (QED) is 0.390. The van der Waals surface area contributed by atoms with Gasteiger partial charge in [-0.1, -0.05) is 17.7 Å². The maximum absolute atomic E-state index is 5.50. The average Bonchev–Trinajstić information content (AvgIpc) is 2.69. The number of nitrogens with one attached hydrogen (secondary N) is 2. The fourth-order valence-corrected chi connectivity index (χ4v) is 3.74. The van der Waals surface area contributed by atoms with Gasteiger partial charge >= 0.3 is 0 Å². The van der Waals surface area contributed by atoms with Gasteiger partial charge in [0.05, 0.1) is 16.7 Å². The van der Waals surface area contributed by atoms with Crippen LogP contribution in [-0.4, -0.2) is 21.6 Å². The molecule has 1 aliphatic rings. The number of benzene rings is 1. The van der Waals surface area contributed by atoms with Gasteiger partial charge in [-0.25, -0.2) is 0 Å². The molecule has 0 spiro atoms. The molecule has 1 aliphatic carbocycles. The summed E-state index contributed by atoms with van der Waals surface area (Å²) in [4.78, 5) is 9.05. The zero-order valence-electron chi connectivity index (χ0n) is 14.7. The number of rotatable bonds is 4. The number of hydrogen-bond acceptors (Lipinski definition) is 3. The van der Waals surface area contributed by atoms with Gasteiger partial charge in [-0.3, -0.25) is 9.97 Å². The van der Waals surface area contributed by atoms with E-state index in [2.05, 4.69) is 44.9 Å². The highest BCUT2D eigenvalue weighted by molar-refractivity contribution is 7.80. The van der Waals surface area contributed by atoms with Crippen molar-refractivity contribution in [1.82, 2.24) is 15.3 Å². The van der Waals surface area contributed by atoms with E-state index in [0.717, 1.165) is 40.5 Å². The van der Waals surface area contributed by atoms with Gasteiger partial charge in [-0.05, 0) is 68.6 Å². The lowest BCUT2D eigenvalue weighted by Gasteiger charge is -2.15. The Morgan fingerprint density at radius 1 is 1.08 bits per heavy atom.